The Morgan fingerprint density at radius 2 is 1.79 bits per heavy atom. The van der Waals surface area contributed by atoms with Crippen molar-refractivity contribution in [3.63, 3.8) is 0 Å². The first-order valence-electron chi connectivity index (χ1n) is 9.27. The molecule has 0 fully saturated rings. The minimum Gasteiger partial charge on any atom is -0.490 e. The highest BCUT2D eigenvalue weighted by molar-refractivity contribution is 6.11. The molecule has 0 radical (unpaired) electrons. The van der Waals surface area contributed by atoms with E-state index in [2.05, 4.69) is 10.4 Å². The Balaban J connectivity index is 1.72. The second-order valence-corrected chi connectivity index (χ2v) is 6.90. The Labute approximate surface area is 161 Å². The van der Waals surface area contributed by atoms with E-state index in [0.717, 1.165) is 6.42 Å². The summed E-state index contributed by atoms with van der Waals surface area (Å²) in [6.07, 6.45) is 0.809. The monoisotopic (exact) mass is 379 g/mol. The lowest BCUT2D eigenvalue weighted by Crippen LogP contribution is -2.28. The average Bonchev–Trinajstić information content (AvgIpc) is 2.93. The Hall–Kier alpha value is -3.35. The molecule has 0 bridgehead atoms. The first-order valence-corrected chi connectivity index (χ1v) is 9.27. The number of ether oxygens (including phenoxy) is 2. The van der Waals surface area contributed by atoms with Crippen molar-refractivity contribution in [2.24, 2.45) is 0 Å². The molecular formula is C21H21N3O4. The zero-order valence-corrected chi connectivity index (χ0v) is 15.8. The van der Waals surface area contributed by atoms with Crippen molar-refractivity contribution in [1.29, 1.82) is 0 Å². The number of nitrogens with one attached hydrogen (secondary N) is 1. The lowest BCUT2D eigenvalue weighted by molar-refractivity contribution is 0.102. The summed E-state index contributed by atoms with van der Waals surface area (Å²) in [5.41, 5.74) is 0.566. The van der Waals surface area contributed by atoms with Crippen LogP contribution in [-0.2, 0) is 0 Å². The van der Waals surface area contributed by atoms with Crippen molar-refractivity contribution in [3.8, 4) is 11.5 Å². The number of benzene rings is 2. The lowest BCUT2D eigenvalue weighted by Gasteiger charge is -2.14. The molecule has 0 aliphatic carbocycles. The molecule has 1 N–H and O–H groups in total. The van der Waals surface area contributed by atoms with Crippen LogP contribution in [0.2, 0.25) is 0 Å². The van der Waals surface area contributed by atoms with Gasteiger partial charge in [-0.2, -0.15) is 5.10 Å². The smallest absolute Gasteiger partial charge is 0.276 e. The Morgan fingerprint density at radius 3 is 2.54 bits per heavy atom. The van der Waals surface area contributed by atoms with E-state index < -0.39 is 0 Å². The summed E-state index contributed by atoms with van der Waals surface area (Å²) in [6.45, 7) is 4.88. The SMILES string of the molecule is CC(C)n1nc(C(=O)Nc2ccc3c(c2)OCCCO3)c2ccccc2c1=O. The number of carbonyl (C=O) groups is 1. The molecule has 1 aromatic heterocycles. The van der Waals surface area contributed by atoms with Gasteiger partial charge in [-0.25, -0.2) is 4.68 Å². The third-order valence-corrected chi connectivity index (χ3v) is 4.54. The van der Waals surface area contributed by atoms with Crippen molar-refractivity contribution in [1.82, 2.24) is 9.78 Å². The predicted octanol–water partition coefficient (Wildman–Crippen LogP) is 3.39. The fourth-order valence-corrected chi connectivity index (χ4v) is 3.16. The van der Waals surface area contributed by atoms with Crippen molar-refractivity contribution >= 4 is 22.4 Å². The van der Waals surface area contributed by atoms with E-state index >= 15 is 0 Å². The molecule has 1 aliphatic heterocycles. The van der Waals surface area contributed by atoms with Gasteiger partial charge in [0.1, 0.15) is 0 Å². The number of carbonyl (C=O) groups excluding carboxylic acids is 1. The van der Waals surface area contributed by atoms with Gasteiger partial charge in [0.25, 0.3) is 11.5 Å². The van der Waals surface area contributed by atoms with E-state index in [-0.39, 0.29) is 23.2 Å². The summed E-state index contributed by atoms with van der Waals surface area (Å²) in [6, 6.07) is 12.1. The molecular weight excluding hydrogens is 358 g/mol. The van der Waals surface area contributed by atoms with Gasteiger partial charge in [-0.05, 0) is 32.0 Å². The summed E-state index contributed by atoms with van der Waals surface area (Å²) >= 11 is 0. The van der Waals surface area contributed by atoms with E-state index in [9.17, 15) is 9.59 Å². The van der Waals surface area contributed by atoms with Crippen LogP contribution in [0, 0.1) is 0 Å². The van der Waals surface area contributed by atoms with Crippen LogP contribution in [0.1, 0.15) is 36.8 Å². The maximum Gasteiger partial charge on any atom is 0.276 e. The van der Waals surface area contributed by atoms with Gasteiger partial charge in [0.05, 0.1) is 24.6 Å². The minimum atomic E-state index is -0.389. The van der Waals surface area contributed by atoms with Crippen LogP contribution in [-0.4, -0.2) is 28.9 Å². The van der Waals surface area contributed by atoms with E-state index in [1.165, 1.54) is 4.68 Å². The number of amides is 1. The standard InChI is InChI=1S/C21H21N3O4/c1-13(2)24-21(26)16-7-4-3-6-15(16)19(23-24)20(25)22-14-8-9-17-18(12-14)28-11-5-10-27-17/h3-4,6-9,12-13H,5,10-11H2,1-2H3,(H,22,25). The largest absolute Gasteiger partial charge is 0.490 e. The van der Waals surface area contributed by atoms with Crippen LogP contribution in [0.25, 0.3) is 10.8 Å². The number of anilines is 1. The summed E-state index contributed by atoms with van der Waals surface area (Å²) in [4.78, 5) is 25.6. The molecule has 0 spiro atoms. The molecule has 2 aromatic carbocycles. The molecule has 7 nitrogen and oxygen atoms in total. The quantitative estimate of drug-likeness (QED) is 0.754. The third-order valence-electron chi connectivity index (χ3n) is 4.54. The van der Waals surface area contributed by atoms with Gasteiger partial charge in [0.2, 0.25) is 0 Å². The molecule has 2 heterocycles. The highest BCUT2D eigenvalue weighted by atomic mass is 16.5. The Morgan fingerprint density at radius 1 is 1.07 bits per heavy atom. The minimum absolute atomic E-state index is 0.165. The van der Waals surface area contributed by atoms with Gasteiger partial charge in [0.15, 0.2) is 17.2 Å². The fourth-order valence-electron chi connectivity index (χ4n) is 3.16. The van der Waals surface area contributed by atoms with Gasteiger partial charge >= 0.3 is 0 Å². The molecule has 144 valence electrons. The fraction of sp³-hybridized carbons (Fsp3) is 0.286. The number of hydrogen-bond donors (Lipinski definition) is 1. The maximum absolute atomic E-state index is 13.0. The topological polar surface area (TPSA) is 82.5 Å². The van der Waals surface area contributed by atoms with Crippen LogP contribution in [0.5, 0.6) is 11.5 Å². The molecule has 0 saturated heterocycles. The molecule has 28 heavy (non-hydrogen) atoms. The lowest BCUT2D eigenvalue weighted by atomic mass is 10.1. The maximum atomic E-state index is 13.0. The summed E-state index contributed by atoms with van der Waals surface area (Å²) in [5, 5.41) is 8.18. The van der Waals surface area contributed by atoms with Crippen LogP contribution in [0.15, 0.2) is 47.3 Å². The number of rotatable bonds is 3. The zero-order chi connectivity index (χ0) is 19.7. The van der Waals surface area contributed by atoms with Crippen molar-refractivity contribution in [2.75, 3.05) is 18.5 Å². The number of aromatic nitrogens is 2. The van der Waals surface area contributed by atoms with Crippen LogP contribution >= 0.6 is 0 Å². The van der Waals surface area contributed by atoms with Crippen molar-refractivity contribution in [3.05, 3.63) is 58.5 Å². The summed E-state index contributed by atoms with van der Waals surface area (Å²) in [7, 11) is 0. The molecule has 1 amide bonds. The first-order chi connectivity index (χ1) is 13.5. The molecule has 0 unspecified atom stereocenters. The first kappa shape index (κ1) is 18.0. The van der Waals surface area contributed by atoms with E-state index in [4.69, 9.17) is 9.47 Å². The highest BCUT2D eigenvalue weighted by Crippen LogP contribution is 2.32. The number of fused-ring (bicyclic) bond motifs is 2. The van der Waals surface area contributed by atoms with Crippen LogP contribution < -0.4 is 20.3 Å². The van der Waals surface area contributed by atoms with Gasteiger partial charge in [-0.15, -0.1) is 0 Å². The summed E-state index contributed by atoms with van der Waals surface area (Å²) in [5.74, 6) is 0.868. The zero-order valence-electron chi connectivity index (χ0n) is 15.8. The van der Waals surface area contributed by atoms with Gasteiger partial charge < -0.3 is 14.8 Å². The number of hydrogen-bond acceptors (Lipinski definition) is 5. The number of nitrogens with zero attached hydrogens (tertiary/aromatic N) is 2. The molecule has 3 aromatic rings. The molecule has 1 aliphatic rings. The van der Waals surface area contributed by atoms with Gasteiger partial charge in [-0.3, -0.25) is 9.59 Å². The Bertz CT molecular complexity index is 1100. The molecule has 7 heteroatoms. The normalized spacial score (nSPS) is 13.4. The highest BCUT2D eigenvalue weighted by Gasteiger charge is 2.19. The van der Waals surface area contributed by atoms with Gasteiger partial charge in [0, 0.05) is 23.6 Å². The third kappa shape index (κ3) is 3.31. The molecule has 0 atom stereocenters. The van der Waals surface area contributed by atoms with Gasteiger partial charge in [-0.1, -0.05) is 18.2 Å². The second-order valence-electron chi connectivity index (χ2n) is 6.90. The predicted molar refractivity (Wildman–Crippen MR) is 106 cm³/mol. The van der Waals surface area contributed by atoms with Crippen molar-refractivity contribution < 1.29 is 14.3 Å². The summed E-state index contributed by atoms with van der Waals surface area (Å²) < 4.78 is 12.6. The second kappa shape index (κ2) is 7.34. The van der Waals surface area contributed by atoms with Crippen LogP contribution in [0.4, 0.5) is 5.69 Å². The molecule has 4 rings (SSSR count). The Kier molecular flexibility index (Phi) is 4.73. The average molecular weight is 379 g/mol. The van der Waals surface area contributed by atoms with E-state index in [0.29, 0.717) is 41.2 Å². The van der Waals surface area contributed by atoms with E-state index in [1.807, 2.05) is 13.8 Å². The van der Waals surface area contributed by atoms with Crippen LogP contribution in [0.3, 0.4) is 0 Å². The van der Waals surface area contributed by atoms with Crippen molar-refractivity contribution in [2.45, 2.75) is 26.3 Å². The van der Waals surface area contributed by atoms with E-state index in [1.54, 1.807) is 42.5 Å². The molecule has 0 saturated carbocycles.